The molecule has 0 aliphatic carbocycles. The Hall–Kier alpha value is -4.12. The lowest BCUT2D eigenvalue weighted by Gasteiger charge is -2.19. The Morgan fingerprint density at radius 3 is 2.81 bits per heavy atom. The summed E-state index contributed by atoms with van der Waals surface area (Å²) in [5, 5.41) is 12.1. The topological polar surface area (TPSA) is 87.5 Å². The zero-order valence-electron chi connectivity index (χ0n) is 17.4. The first-order chi connectivity index (χ1) is 15.6. The first-order valence-corrected chi connectivity index (χ1v) is 10.2. The number of hydrogen-bond acceptors (Lipinski definition) is 6. The molecule has 1 aliphatic heterocycles. The molecule has 162 valence electrons. The van der Waals surface area contributed by atoms with Gasteiger partial charge in [-0.25, -0.2) is 14.2 Å². The number of nitrogens with one attached hydrogen (secondary N) is 1. The van der Waals surface area contributed by atoms with Crippen LogP contribution in [0.15, 0.2) is 60.8 Å². The standard InChI is InChI=1S/C24H21FN4O3/c1-2-29-19(15-31-24(29)30)12-16-5-8-20(9-6-16)32-22-10-7-18(13-21(22)25)28-23-17(14-26)4-3-11-27-23/h3-11,13,19H,2,12,15H2,1H3,(H,27,28)/t19-/m0/s1. The molecule has 4 rings (SSSR count). The minimum absolute atomic E-state index is 0.0115. The van der Waals surface area contributed by atoms with Gasteiger partial charge >= 0.3 is 6.09 Å². The number of nitrogens with zero attached hydrogens (tertiary/aromatic N) is 3. The Labute approximate surface area is 185 Å². The highest BCUT2D eigenvalue weighted by atomic mass is 19.1. The van der Waals surface area contributed by atoms with E-state index < -0.39 is 5.82 Å². The number of anilines is 2. The molecule has 1 aliphatic rings. The van der Waals surface area contributed by atoms with E-state index in [2.05, 4.69) is 10.3 Å². The van der Waals surface area contributed by atoms with Crippen LogP contribution in [0.1, 0.15) is 18.1 Å². The monoisotopic (exact) mass is 432 g/mol. The van der Waals surface area contributed by atoms with Gasteiger partial charge in [0, 0.05) is 24.5 Å². The van der Waals surface area contributed by atoms with Gasteiger partial charge in [0.2, 0.25) is 0 Å². The summed E-state index contributed by atoms with van der Waals surface area (Å²) in [6.07, 6.45) is 1.95. The minimum atomic E-state index is -0.547. The highest BCUT2D eigenvalue weighted by Crippen LogP contribution is 2.29. The van der Waals surface area contributed by atoms with E-state index in [4.69, 9.17) is 14.7 Å². The Kier molecular flexibility index (Phi) is 6.17. The molecule has 7 nitrogen and oxygen atoms in total. The van der Waals surface area contributed by atoms with Crippen LogP contribution in [0.3, 0.4) is 0 Å². The molecule has 0 saturated carbocycles. The van der Waals surface area contributed by atoms with Crippen molar-refractivity contribution < 1.29 is 18.7 Å². The second-order valence-electron chi connectivity index (χ2n) is 7.25. The molecule has 0 unspecified atom stereocenters. The van der Waals surface area contributed by atoms with Crippen LogP contribution in [0.25, 0.3) is 0 Å². The van der Waals surface area contributed by atoms with E-state index in [9.17, 15) is 9.18 Å². The van der Waals surface area contributed by atoms with E-state index in [1.165, 1.54) is 12.1 Å². The van der Waals surface area contributed by atoms with Crippen LogP contribution in [-0.4, -0.2) is 35.2 Å². The minimum Gasteiger partial charge on any atom is -0.454 e. The summed E-state index contributed by atoms with van der Waals surface area (Å²) in [6, 6.07) is 17.1. The summed E-state index contributed by atoms with van der Waals surface area (Å²) < 4.78 is 25.4. The molecule has 3 aromatic rings. The van der Waals surface area contributed by atoms with Gasteiger partial charge in [-0.15, -0.1) is 0 Å². The highest BCUT2D eigenvalue weighted by molar-refractivity contribution is 5.70. The zero-order chi connectivity index (χ0) is 22.5. The van der Waals surface area contributed by atoms with Crippen molar-refractivity contribution in [3.8, 4) is 17.6 Å². The van der Waals surface area contributed by atoms with Crippen LogP contribution < -0.4 is 10.1 Å². The lowest BCUT2D eigenvalue weighted by atomic mass is 10.1. The number of carbonyl (C=O) groups excluding carboxylic acids is 1. The van der Waals surface area contributed by atoms with Crippen molar-refractivity contribution in [3.05, 3.63) is 77.7 Å². The van der Waals surface area contributed by atoms with Crippen LogP contribution in [0.2, 0.25) is 0 Å². The van der Waals surface area contributed by atoms with Gasteiger partial charge in [-0.3, -0.25) is 0 Å². The molecule has 2 aromatic carbocycles. The third kappa shape index (κ3) is 4.62. The number of rotatable bonds is 7. The molecule has 1 amide bonds. The number of ether oxygens (including phenoxy) is 2. The van der Waals surface area contributed by atoms with Crippen LogP contribution in [0.5, 0.6) is 11.5 Å². The van der Waals surface area contributed by atoms with Crippen molar-refractivity contribution in [1.82, 2.24) is 9.88 Å². The number of aromatic nitrogens is 1. The molecule has 1 aromatic heterocycles. The third-order valence-corrected chi connectivity index (χ3v) is 5.16. The number of hydrogen-bond donors (Lipinski definition) is 1. The maximum atomic E-state index is 14.6. The first-order valence-electron chi connectivity index (χ1n) is 10.2. The van der Waals surface area contributed by atoms with Crippen molar-refractivity contribution in [2.45, 2.75) is 19.4 Å². The summed E-state index contributed by atoms with van der Waals surface area (Å²) >= 11 is 0. The first kappa shape index (κ1) is 21.1. The van der Waals surface area contributed by atoms with Crippen molar-refractivity contribution in [2.75, 3.05) is 18.5 Å². The third-order valence-electron chi connectivity index (χ3n) is 5.16. The molecule has 2 heterocycles. The maximum absolute atomic E-state index is 14.6. The van der Waals surface area contributed by atoms with Crippen molar-refractivity contribution >= 4 is 17.6 Å². The van der Waals surface area contributed by atoms with Gasteiger partial charge in [-0.05, 0) is 55.3 Å². The van der Waals surface area contributed by atoms with Crippen LogP contribution in [0.4, 0.5) is 20.7 Å². The number of pyridine rings is 1. The van der Waals surface area contributed by atoms with E-state index in [-0.39, 0.29) is 17.9 Å². The maximum Gasteiger partial charge on any atom is 0.410 e. The number of likely N-dealkylation sites (N-methyl/N-ethyl adjacent to an activating group) is 1. The molecule has 8 heteroatoms. The van der Waals surface area contributed by atoms with Gasteiger partial charge in [0.1, 0.15) is 24.2 Å². The van der Waals surface area contributed by atoms with Crippen molar-refractivity contribution in [3.63, 3.8) is 0 Å². The van der Waals surface area contributed by atoms with E-state index in [0.29, 0.717) is 42.4 Å². The largest absolute Gasteiger partial charge is 0.454 e. The van der Waals surface area contributed by atoms with Gasteiger partial charge < -0.3 is 19.7 Å². The van der Waals surface area contributed by atoms with E-state index in [1.54, 1.807) is 41.4 Å². The van der Waals surface area contributed by atoms with Gasteiger partial charge in [0.05, 0.1) is 11.6 Å². The molecule has 0 spiro atoms. The average molecular weight is 432 g/mol. The normalized spacial score (nSPS) is 15.2. The molecule has 1 saturated heterocycles. The SMILES string of the molecule is CCN1C(=O)OC[C@@H]1Cc1ccc(Oc2ccc(Nc3ncccc3C#N)cc2F)cc1. The fourth-order valence-electron chi connectivity index (χ4n) is 3.53. The van der Waals surface area contributed by atoms with Gasteiger partial charge in [0.25, 0.3) is 0 Å². The van der Waals surface area contributed by atoms with E-state index in [0.717, 1.165) is 5.56 Å². The summed E-state index contributed by atoms with van der Waals surface area (Å²) in [6.45, 7) is 2.91. The molecular formula is C24H21FN4O3. The molecular weight excluding hydrogens is 411 g/mol. The average Bonchev–Trinajstić information content (AvgIpc) is 3.16. The van der Waals surface area contributed by atoms with Crippen LogP contribution in [-0.2, 0) is 11.2 Å². The number of amides is 1. The number of cyclic esters (lactones) is 1. The molecule has 1 atom stereocenters. The molecule has 1 N–H and O–H groups in total. The molecule has 32 heavy (non-hydrogen) atoms. The number of carbonyl (C=O) groups is 1. The lowest BCUT2D eigenvalue weighted by molar-refractivity contribution is 0.159. The second-order valence-corrected chi connectivity index (χ2v) is 7.25. The van der Waals surface area contributed by atoms with Crippen LogP contribution in [0, 0.1) is 17.1 Å². The van der Waals surface area contributed by atoms with E-state index >= 15 is 0 Å². The Morgan fingerprint density at radius 2 is 2.09 bits per heavy atom. The van der Waals surface area contributed by atoms with Crippen molar-refractivity contribution in [2.24, 2.45) is 0 Å². The number of benzene rings is 2. The van der Waals surface area contributed by atoms with Crippen molar-refractivity contribution in [1.29, 1.82) is 5.26 Å². The zero-order valence-corrected chi connectivity index (χ0v) is 17.4. The second kappa shape index (κ2) is 9.35. The summed E-state index contributed by atoms with van der Waals surface area (Å²) in [5.41, 5.74) is 1.85. The molecule has 0 radical (unpaired) electrons. The summed E-state index contributed by atoms with van der Waals surface area (Å²) in [5.74, 6) is 0.385. The molecule has 1 fully saturated rings. The van der Waals surface area contributed by atoms with Gasteiger partial charge in [-0.2, -0.15) is 5.26 Å². The fourth-order valence-corrected chi connectivity index (χ4v) is 3.53. The summed E-state index contributed by atoms with van der Waals surface area (Å²) in [7, 11) is 0. The quantitative estimate of drug-likeness (QED) is 0.565. The number of nitriles is 1. The number of halogens is 1. The van der Waals surface area contributed by atoms with Gasteiger partial charge in [-0.1, -0.05) is 12.1 Å². The van der Waals surface area contributed by atoms with Crippen LogP contribution >= 0.6 is 0 Å². The fraction of sp³-hybridized carbons (Fsp3) is 0.208. The summed E-state index contributed by atoms with van der Waals surface area (Å²) in [4.78, 5) is 17.5. The Balaban J connectivity index is 1.41. The predicted octanol–water partition coefficient (Wildman–Crippen LogP) is 5.01. The van der Waals surface area contributed by atoms with E-state index in [1.807, 2.05) is 25.1 Å². The Bertz CT molecular complexity index is 1160. The lowest BCUT2D eigenvalue weighted by Crippen LogP contribution is -2.34. The highest BCUT2D eigenvalue weighted by Gasteiger charge is 2.31. The van der Waals surface area contributed by atoms with Gasteiger partial charge in [0.15, 0.2) is 11.6 Å². The predicted molar refractivity (Wildman–Crippen MR) is 116 cm³/mol. The Morgan fingerprint density at radius 1 is 1.28 bits per heavy atom. The smallest absolute Gasteiger partial charge is 0.410 e. The molecule has 0 bridgehead atoms.